The molecule has 0 saturated carbocycles. The Hall–Kier alpha value is -6.09. The van der Waals surface area contributed by atoms with Crippen molar-refractivity contribution in [3.05, 3.63) is 108 Å². The molecule has 0 unspecified atom stereocenters. The smallest absolute Gasteiger partial charge is 0.312 e. The first kappa shape index (κ1) is 39.7. The third-order valence-corrected chi connectivity index (χ3v) is 12.0. The number of hydrogen-bond acceptors (Lipinski definition) is 8. The maximum Gasteiger partial charge on any atom is 0.312 e. The summed E-state index contributed by atoms with van der Waals surface area (Å²) in [6.45, 7) is 8.98. The molecule has 306 valence electrons. The molecule has 8 rings (SSSR count). The fourth-order valence-corrected chi connectivity index (χ4v) is 8.65. The van der Waals surface area contributed by atoms with Crippen LogP contribution < -0.4 is 36.6 Å². The number of nitrogens with one attached hydrogen (secondary N) is 3. The molecule has 0 spiro atoms. The number of halogens is 1. The SMILES string of the molecule is C=C(Oc1cc2c(c3ccccc13)[C@H](CCl)CN2C(=O)c1cc2c3c(ccc2[nH]1)N(C(=O)c1ccc(NC(=O)[C@@H](N)CCCNC(N)=O)cc1)CC3)N1CCN(C)CC1. The molecule has 15 heteroatoms. The highest BCUT2D eigenvalue weighted by Crippen LogP contribution is 2.47. The molecule has 5 aromatic rings. The molecule has 5 amide bonds. The number of primary amides is 1. The molecular weight excluding hydrogens is 770 g/mol. The summed E-state index contributed by atoms with van der Waals surface area (Å²) in [5.41, 5.74) is 16.9. The molecule has 0 bridgehead atoms. The lowest BCUT2D eigenvalue weighted by atomic mass is 9.95. The molecule has 4 aromatic carbocycles. The third kappa shape index (κ3) is 7.90. The number of alkyl halides is 1. The van der Waals surface area contributed by atoms with Crippen LogP contribution >= 0.6 is 11.6 Å². The highest BCUT2D eigenvalue weighted by atomic mass is 35.5. The van der Waals surface area contributed by atoms with Gasteiger partial charge in [-0.15, -0.1) is 11.6 Å². The van der Waals surface area contributed by atoms with Gasteiger partial charge in [-0.1, -0.05) is 24.3 Å². The number of hydrogen-bond donors (Lipinski definition) is 5. The Morgan fingerprint density at radius 3 is 2.39 bits per heavy atom. The van der Waals surface area contributed by atoms with Crippen molar-refractivity contribution in [2.75, 3.05) is 73.9 Å². The average molecular weight is 818 g/mol. The van der Waals surface area contributed by atoms with E-state index in [1.54, 1.807) is 34.1 Å². The van der Waals surface area contributed by atoms with Crippen LogP contribution in [0.3, 0.4) is 0 Å². The van der Waals surface area contributed by atoms with Crippen LogP contribution in [0.4, 0.5) is 21.9 Å². The maximum absolute atomic E-state index is 14.5. The topological polar surface area (TPSA) is 182 Å². The van der Waals surface area contributed by atoms with E-state index in [9.17, 15) is 19.2 Å². The van der Waals surface area contributed by atoms with Crippen LogP contribution in [0.25, 0.3) is 21.7 Å². The van der Waals surface area contributed by atoms with Gasteiger partial charge in [0.1, 0.15) is 11.4 Å². The number of nitrogens with two attached hydrogens (primary N) is 2. The van der Waals surface area contributed by atoms with Gasteiger partial charge in [0, 0.05) is 96.9 Å². The lowest BCUT2D eigenvalue weighted by Crippen LogP contribution is -2.44. The zero-order chi connectivity index (χ0) is 41.4. The minimum atomic E-state index is -0.771. The fraction of sp³-hybridized carbons (Fsp3) is 0.318. The quantitative estimate of drug-likeness (QED) is 0.0637. The Labute approximate surface area is 347 Å². The molecule has 3 aliphatic heterocycles. The molecule has 59 heavy (non-hydrogen) atoms. The minimum Gasteiger partial charge on any atom is -0.441 e. The highest BCUT2D eigenvalue weighted by Gasteiger charge is 2.36. The third-order valence-electron chi connectivity index (χ3n) is 11.6. The molecule has 1 fully saturated rings. The first-order valence-electron chi connectivity index (χ1n) is 19.9. The van der Waals surface area contributed by atoms with Crippen LogP contribution in [-0.2, 0) is 11.2 Å². The number of carbonyl (C=O) groups excluding carboxylic acids is 4. The van der Waals surface area contributed by atoms with E-state index in [1.807, 2.05) is 42.5 Å². The summed E-state index contributed by atoms with van der Waals surface area (Å²) in [6, 6.07) is 21.0. The summed E-state index contributed by atoms with van der Waals surface area (Å²) in [7, 11) is 2.11. The Morgan fingerprint density at radius 1 is 0.915 bits per heavy atom. The Balaban J connectivity index is 0.998. The summed E-state index contributed by atoms with van der Waals surface area (Å²) in [5.74, 6) is 0.778. The van der Waals surface area contributed by atoms with Gasteiger partial charge in [0.2, 0.25) is 5.91 Å². The summed E-state index contributed by atoms with van der Waals surface area (Å²) < 4.78 is 6.51. The molecule has 1 saturated heterocycles. The number of nitrogens with zero attached hydrogens (tertiary/aromatic N) is 4. The number of carbonyl (C=O) groups is 4. The van der Waals surface area contributed by atoms with Crippen molar-refractivity contribution < 1.29 is 23.9 Å². The second-order valence-corrected chi connectivity index (χ2v) is 15.7. The first-order chi connectivity index (χ1) is 28.5. The van der Waals surface area contributed by atoms with Gasteiger partial charge in [0.25, 0.3) is 11.8 Å². The monoisotopic (exact) mass is 817 g/mol. The van der Waals surface area contributed by atoms with Gasteiger partial charge >= 0.3 is 6.03 Å². The average Bonchev–Trinajstić information content (AvgIpc) is 3.98. The van der Waals surface area contributed by atoms with Crippen LogP contribution in [-0.4, -0.2) is 103 Å². The van der Waals surface area contributed by atoms with Crippen molar-refractivity contribution in [3.63, 3.8) is 0 Å². The van der Waals surface area contributed by atoms with Gasteiger partial charge in [-0.05, 0) is 91.9 Å². The number of fused-ring (bicyclic) bond motifs is 6. The van der Waals surface area contributed by atoms with E-state index in [1.165, 1.54) is 0 Å². The molecule has 1 aromatic heterocycles. The number of anilines is 3. The lowest BCUT2D eigenvalue weighted by molar-refractivity contribution is -0.117. The van der Waals surface area contributed by atoms with Gasteiger partial charge < -0.3 is 51.4 Å². The van der Waals surface area contributed by atoms with E-state index in [2.05, 4.69) is 45.1 Å². The number of H-pyrrole nitrogens is 1. The Morgan fingerprint density at radius 2 is 1.66 bits per heavy atom. The maximum atomic E-state index is 14.5. The zero-order valence-corrected chi connectivity index (χ0v) is 33.7. The normalized spacial score (nSPS) is 16.9. The van der Waals surface area contributed by atoms with Crippen molar-refractivity contribution in [2.45, 2.75) is 31.2 Å². The Bertz CT molecular complexity index is 2460. The van der Waals surface area contributed by atoms with Crippen molar-refractivity contribution in [1.29, 1.82) is 0 Å². The summed E-state index contributed by atoms with van der Waals surface area (Å²) in [5, 5.41) is 8.09. The molecule has 7 N–H and O–H groups in total. The predicted molar refractivity (Wildman–Crippen MR) is 231 cm³/mol. The highest BCUT2D eigenvalue weighted by molar-refractivity contribution is 6.19. The number of aromatic amines is 1. The second-order valence-electron chi connectivity index (χ2n) is 15.4. The molecule has 4 heterocycles. The number of aromatic nitrogens is 1. The van der Waals surface area contributed by atoms with Gasteiger partial charge in [0.15, 0.2) is 5.88 Å². The second kappa shape index (κ2) is 16.6. The lowest BCUT2D eigenvalue weighted by Gasteiger charge is -2.34. The van der Waals surface area contributed by atoms with E-state index in [0.29, 0.717) is 73.4 Å². The van der Waals surface area contributed by atoms with Gasteiger partial charge in [-0.25, -0.2) is 4.79 Å². The predicted octanol–water partition coefficient (Wildman–Crippen LogP) is 5.32. The molecule has 2 atom stereocenters. The number of amides is 5. The molecule has 14 nitrogen and oxygen atoms in total. The van der Waals surface area contributed by atoms with Crippen LogP contribution in [0.2, 0.25) is 0 Å². The first-order valence-corrected chi connectivity index (χ1v) is 20.4. The standard InChI is InChI=1S/C44H48ClN9O5/c1-26(52-20-18-51(2)19-21-52)59-39-23-38-40(32-7-4-3-6-31(32)39)28(24-45)25-54(38)43(57)36-22-33-30-15-17-53(37(30)14-13-35(33)50-36)42(56)27-9-11-29(12-10-27)49-41(55)34(46)8-5-16-48-44(47)58/h3-4,6-7,9-14,22-23,28,34,50H,1,5,8,15-21,24-25,46H2,2H3,(H,49,55)(H3,47,48,58)/t28-,34+/m1/s1. The number of urea groups is 1. The summed E-state index contributed by atoms with van der Waals surface area (Å²) in [6.07, 6.45) is 1.49. The number of piperazine rings is 1. The zero-order valence-electron chi connectivity index (χ0n) is 32.9. The largest absolute Gasteiger partial charge is 0.441 e. The van der Waals surface area contributed by atoms with Crippen LogP contribution in [0, 0.1) is 0 Å². The molecular formula is C44H48ClN9O5. The Kier molecular flexibility index (Phi) is 11.2. The van der Waals surface area contributed by atoms with E-state index < -0.39 is 12.1 Å². The van der Waals surface area contributed by atoms with Gasteiger partial charge in [-0.2, -0.15) is 0 Å². The number of rotatable bonds is 12. The molecule has 3 aliphatic rings. The fourth-order valence-electron chi connectivity index (χ4n) is 8.40. The van der Waals surface area contributed by atoms with Gasteiger partial charge in [-0.3, -0.25) is 14.4 Å². The van der Waals surface area contributed by atoms with Crippen LogP contribution in [0.15, 0.2) is 85.3 Å². The summed E-state index contributed by atoms with van der Waals surface area (Å²) >= 11 is 6.60. The van der Waals surface area contributed by atoms with E-state index in [-0.39, 0.29) is 23.6 Å². The van der Waals surface area contributed by atoms with Crippen molar-refractivity contribution in [2.24, 2.45) is 11.5 Å². The van der Waals surface area contributed by atoms with Crippen LogP contribution in [0.1, 0.15) is 50.7 Å². The minimum absolute atomic E-state index is 0.0742. The molecule has 0 aliphatic carbocycles. The van der Waals surface area contributed by atoms with Gasteiger partial charge in [0.05, 0.1) is 11.7 Å². The van der Waals surface area contributed by atoms with Crippen molar-refractivity contribution in [3.8, 4) is 5.75 Å². The van der Waals surface area contributed by atoms with E-state index in [0.717, 1.165) is 70.4 Å². The van der Waals surface area contributed by atoms with Crippen molar-refractivity contribution in [1.82, 2.24) is 20.1 Å². The van der Waals surface area contributed by atoms with Crippen molar-refractivity contribution >= 4 is 74.1 Å². The number of benzene rings is 4. The summed E-state index contributed by atoms with van der Waals surface area (Å²) in [4.78, 5) is 63.1. The molecule has 0 radical (unpaired) electrons. The van der Waals surface area contributed by atoms with Crippen LogP contribution in [0.5, 0.6) is 5.75 Å². The number of ether oxygens (including phenoxy) is 1. The van der Waals surface area contributed by atoms with E-state index >= 15 is 0 Å². The number of likely N-dealkylation sites (N-methyl/N-ethyl adjacent to an activating group) is 1. The van der Waals surface area contributed by atoms with E-state index in [4.69, 9.17) is 27.8 Å².